The van der Waals surface area contributed by atoms with Gasteiger partial charge < -0.3 is 18.9 Å². The van der Waals surface area contributed by atoms with E-state index in [0.29, 0.717) is 44.0 Å². The van der Waals surface area contributed by atoms with Gasteiger partial charge in [0.05, 0.1) is 30.5 Å². The molecule has 9 rings (SSSR count). The van der Waals surface area contributed by atoms with Gasteiger partial charge in [0.25, 0.3) is 0 Å². The van der Waals surface area contributed by atoms with Crippen LogP contribution in [0.2, 0.25) is 0 Å². The highest BCUT2D eigenvalue weighted by Gasteiger charge is 2.46. The van der Waals surface area contributed by atoms with Gasteiger partial charge in [-0.3, -0.25) is 9.80 Å². The van der Waals surface area contributed by atoms with Crippen LogP contribution in [0.3, 0.4) is 0 Å². The molecule has 2 unspecified atom stereocenters. The van der Waals surface area contributed by atoms with Crippen molar-refractivity contribution in [1.29, 1.82) is 0 Å². The maximum atomic E-state index is 13.2. The highest BCUT2D eigenvalue weighted by molar-refractivity contribution is 5.90. The monoisotopic (exact) mass is 649 g/mol. The van der Waals surface area contributed by atoms with Gasteiger partial charge in [0.2, 0.25) is 11.8 Å². The zero-order chi connectivity index (χ0) is 32.6. The van der Waals surface area contributed by atoms with E-state index in [0.717, 1.165) is 37.1 Å². The largest absolute Gasteiger partial charge is 0.474 e. The molecule has 2 bridgehead atoms. The number of amides is 1. The van der Waals surface area contributed by atoms with Gasteiger partial charge in [-0.15, -0.1) is 0 Å². The lowest BCUT2D eigenvalue weighted by atomic mass is 9.95. The summed E-state index contributed by atoms with van der Waals surface area (Å²) in [7, 11) is 0. The van der Waals surface area contributed by atoms with Crippen molar-refractivity contribution < 1.29 is 14.3 Å². The minimum absolute atomic E-state index is 0.0631. The Morgan fingerprint density at radius 2 is 1.69 bits per heavy atom. The zero-order valence-electron chi connectivity index (χ0n) is 28.5. The molecule has 6 heterocycles. The molecule has 4 aliphatic heterocycles. The number of hydrogen-bond donors (Lipinski definition) is 0. The topological polar surface area (TPSA) is 88.9 Å². The van der Waals surface area contributed by atoms with Gasteiger partial charge in [-0.1, -0.05) is 36.4 Å². The molecule has 5 fully saturated rings. The van der Waals surface area contributed by atoms with E-state index in [1.165, 1.54) is 60.4 Å². The van der Waals surface area contributed by atoms with Crippen molar-refractivity contribution in [1.82, 2.24) is 29.3 Å². The molecule has 10 heteroatoms. The number of piperazine rings is 1. The smallest absolute Gasteiger partial charge is 0.410 e. The number of aromatic nitrogens is 4. The Bertz CT molecular complexity index is 1850. The van der Waals surface area contributed by atoms with Gasteiger partial charge in [0.15, 0.2) is 11.2 Å². The SMILES string of the molecule is CC(C)(C)OC(=O)N1C2CCC1CN(c1nc(OCC34CCCN3CCC4)c3ncn(Cc4cccc5cccc(C6CC6)c45)c3n1)C2. The second-order valence-corrected chi connectivity index (χ2v) is 15.9. The molecule has 4 saturated heterocycles. The Morgan fingerprint density at radius 1 is 0.958 bits per heavy atom. The lowest BCUT2D eigenvalue weighted by Crippen LogP contribution is -2.57. The van der Waals surface area contributed by atoms with Crippen molar-refractivity contribution in [2.45, 2.75) is 108 Å². The number of anilines is 1. The number of fused-ring (bicyclic) bond motifs is 5. The van der Waals surface area contributed by atoms with Crippen LogP contribution in [-0.4, -0.2) is 91.4 Å². The first-order valence-corrected chi connectivity index (χ1v) is 18.1. The van der Waals surface area contributed by atoms with Crippen LogP contribution >= 0.6 is 0 Å². The molecular weight excluding hydrogens is 602 g/mol. The van der Waals surface area contributed by atoms with Crippen LogP contribution in [0.25, 0.3) is 21.9 Å². The highest BCUT2D eigenvalue weighted by atomic mass is 16.6. The second-order valence-electron chi connectivity index (χ2n) is 15.9. The van der Waals surface area contributed by atoms with E-state index >= 15 is 0 Å². The molecule has 252 valence electrons. The number of imidazole rings is 1. The molecule has 2 aromatic carbocycles. The molecular formula is C38H47N7O3. The van der Waals surface area contributed by atoms with Crippen LogP contribution in [0.1, 0.15) is 89.2 Å². The summed E-state index contributed by atoms with van der Waals surface area (Å²) < 4.78 is 14.7. The van der Waals surface area contributed by atoms with Crippen molar-refractivity contribution in [2.24, 2.45) is 0 Å². The number of benzene rings is 2. The number of hydrogen-bond acceptors (Lipinski definition) is 8. The van der Waals surface area contributed by atoms with Crippen molar-refractivity contribution in [3.63, 3.8) is 0 Å². The summed E-state index contributed by atoms with van der Waals surface area (Å²) in [6.45, 7) is 10.7. The Hall–Kier alpha value is -3.92. The van der Waals surface area contributed by atoms with Crippen LogP contribution in [0.4, 0.5) is 10.7 Å². The Balaban J connectivity index is 1.07. The molecule has 0 spiro atoms. The number of carbonyl (C=O) groups excluding carboxylic acids is 1. The summed E-state index contributed by atoms with van der Waals surface area (Å²) in [6.07, 6.45) is 10.9. The lowest BCUT2D eigenvalue weighted by Gasteiger charge is -2.41. The molecule has 2 atom stereocenters. The van der Waals surface area contributed by atoms with E-state index in [9.17, 15) is 4.79 Å². The first-order valence-electron chi connectivity index (χ1n) is 18.1. The molecule has 2 aromatic heterocycles. The average molecular weight is 650 g/mol. The molecule has 4 aromatic rings. The summed E-state index contributed by atoms with van der Waals surface area (Å²) in [5.74, 6) is 1.88. The third kappa shape index (κ3) is 5.27. The third-order valence-electron chi connectivity index (χ3n) is 11.5. The van der Waals surface area contributed by atoms with Crippen LogP contribution in [-0.2, 0) is 11.3 Å². The van der Waals surface area contributed by atoms with Crippen LogP contribution < -0.4 is 9.64 Å². The predicted octanol–water partition coefficient (Wildman–Crippen LogP) is 6.50. The number of nitrogens with zero attached hydrogens (tertiary/aromatic N) is 7. The van der Waals surface area contributed by atoms with E-state index in [2.05, 4.69) is 50.8 Å². The molecule has 0 radical (unpaired) electrons. The van der Waals surface area contributed by atoms with Gasteiger partial charge in [-0.05, 0) is 113 Å². The maximum absolute atomic E-state index is 13.2. The van der Waals surface area contributed by atoms with E-state index in [1.807, 2.05) is 32.0 Å². The third-order valence-corrected chi connectivity index (χ3v) is 11.5. The molecule has 0 N–H and O–H groups in total. The van der Waals surface area contributed by atoms with Gasteiger partial charge in [-0.2, -0.15) is 9.97 Å². The molecule has 48 heavy (non-hydrogen) atoms. The summed E-state index contributed by atoms with van der Waals surface area (Å²) in [5, 5.41) is 2.66. The van der Waals surface area contributed by atoms with Gasteiger partial charge >= 0.3 is 6.09 Å². The standard InChI is InChI=1S/C38H47N7O3/c1-37(2,3)48-36(46)45-28-14-15-29(45)22-42(21-28)35-40-33-32(34(41-35)47-23-38-16-6-18-44(38)19-7-17-38)39-24-43(33)20-27-10-4-8-26-9-5-11-30(31(26)27)25-12-13-25/h4-5,8-11,24-25,28-29H,6-7,12-23H2,1-3H3. The first kappa shape index (κ1) is 30.2. The van der Waals surface area contributed by atoms with E-state index in [1.54, 1.807) is 0 Å². The Kier molecular flexibility index (Phi) is 7.11. The fourth-order valence-electron chi connectivity index (χ4n) is 9.11. The Labute approximate surface area is 282 Å². The molecule has 10 nitrogen and oxygen atoms in total. The fraction of sp³-hybridized carbons (Fsp3) is 0.579. The van der Waals surface area contributed by atoms with E-state index in [-0.39, 0.29) is 23.7 Å². The summed E-state index contributed by atoms with van der Waals surface area (Å²) in [5.41, 5.74) is 3.83. The van der Waals surface area contributed by atoms with Gasteiger partial charge in [0, 0.05) is 13.1 Å². The van der Waals surface area contributed by atoms with Crippen molar-refractivity contribution >= 4 is 34.0 Å². The first-order chi connectivity index (χ1) is 23.2. The highest BCUT2D eigenvalue weighted by Crippen LogP contribution is 2.44. The number of ether oxygens (including phenoxy) is 2. The minimum Gasteiger partial charge on any atom is -0.474 e. The fourth-order valence-corrected chi connectivity index (χ4v) is 9.11. The number of rotatable bonds is 7. The van der Waals surface area contributed by atoms with Crippen LogP contribution in [0.5, 0.6) is 5.88 Å². The average Bonchev–Trinajstić information content (AvgIpc) is 3.38. The van der Waals surface area contributed by atoms with Crippen LogP contribution in [0, 0.1) is 0 Å². The lowest BCUT2D eigenvalue weighted by molar-refractivity contribution is 0.0122. The molecule has 1 aliphatic carbocycles. The maximum Gasteiger partial charge on any atom is 0.410 e. The summed E-state index contributed by atoms with van der Waals surface area (Å²) in [4.78, 5) is 35.3. The van der Waals surface area contributed by atoms with Crippen LogP contribution in [0.15, 0.2) is 42.7 Å². The van der Waals surface area contributed by atoms with Crippen molar-refractivity contribution in [3.8, 4) is 5.88 Å². The second kappa shape index (κ2) is 11.3. The molecule has 5 aliphatic rings. The number of carbonyl (C=O) groups is 1. The van der Waals surface area contributed by atoms with Gasteiger partial charge in [-0.25, -0.2) is 9.78 Å². The summed E-state index contributed by atoms with van der Waals surface area (Å²) in [6, 6.07) is 13.5. The van der Waals surface area contributed by atoms with Gasteiger partial charge in [0.1, 0.15) is 12.2 Å². The molecule has 1 amide bonds. The van der Waals surface area contributed by atoms with Crippen molar-refractivity contribution in [3.05, 3.63) is 53.9 Å². The zero-order valence-corrected chi connectivity index (χ0v) is 28.5. The minimum atomic E-state index is -0.524. The summed E-state index contributed by atoms with van der Waals surface area (Å²) >= 11 is 0. The normalized spacial score (nSPS) is 23.7. The quantitative estimate of drug-likeness (QED) is 0.224. The molecule has 1 saturated carbocycles. The predicted molar refractivity (Wildman–Crippen MR) is 186 cm³/mol. The Morgan fingerprint density at radius 3 is 2.40 bits per heavy atom. The van der Waals surface area contributed by atoms with Crippen molar-refractivity contribution in [2.75, 3.05) is 37.7 Å². The van der Waals surface area contributed by atoms with E-state index < -0.39 is 5.60 Å². The van der Waals surface area contributed by atoms with E-state index in [4.69, 9.17) is 24.4 Å².